The van der Waals surface area contributed by atoms with Crippen LogP contribution in [0, 0.1) is 0 Å². The molecule has 2 aromatic heterocycles. The first-order chi connectivity index (χ1) is 12.7. The molecule has 1 saturated heterocycles. The minimum Gasteiger partial charge on any atom is -0.327 e. The second-order valence-electron chi connectivity index (χ2n) is 6.99. The number of nitrogens with zero attached hydrogens (tertiary/aromatic N) is 4. The summed E-state index contributed by atoms with van der Waals surface area (Å²) in [6, 6.07) is 9.92. The number of para-hydroxylation sites is 1. The number of hydrogen-bond donors (Lipinski definition) is 2. The van der Waals surface area contributed by atoms with Gasteiger partial charge in [-0.15, -0.1) is 0 Å². The van der Waals surface area contributed by atoms with E-state index < -0.39 is 0 Å². The minimum absolute atomic E-state index is 0.150. The predicted molar refractivity (Wildman–Crippen MR) is 101 cm³/mol. The topological polar surface area (TPSA) is 92.8 Å². The van der Waals surface area contributed by atoms with E-state index >= 15 is 0 Å². The Morgan fingerprint density at radius 1 is 1.19 bits per heavy atom. The van der Waals surface area contributed by atoms with Crippen LogP contribution in [0.4, 0.5) is 0 Å². The number of aromatic nitrogens is 4. The Morgan fingerprint density at radius 3 is 2.88 bits per heavy atom. The van der Waals surface area contributed by atoms with Gasteiger partial charge in [-0.05, 0) is 31.5 Å². The lowest BCUT2D eigenvalue weighted by Crippen LogP contribution is -2.39. The molecule has 1 aliphatic heterocycles. The number of hydrogen-bond acceptors (Lipinski definition) is 5. The first kappa shape index (κ1) is 16.9. The molecular formula is C19H24N6O. The van der Waals surface area contributed by atoms with E-state index in [9.17, 15) is 4.79 Å². The lowest BCUT2D eigenvalue weighted by Gasteiger charge is -2.27. The summed E-state index contributed by atoms with van der Waals surface area (Å²) in [5.41, 5.74) is 7.53. The van der Waals surface area contributed by atoms with Crippen LogP contribution in [0.15, 0.2) is 41.3 Å². The molecule has 0 aliphatic carbocycles. The molecule has 3 aromatic rings. The van der Waals surface area contributed by atoms with E-state index in [1.807, 2.05) is 30.3 Å². The first-order valence-corrected chi connectivity index (χ1v) is 9.21. The third kappa shape index (κ3) is 3.54. The molecule has 4 rings (SSSR count). The molecule has 0 radical (unpaired) electrons. The second-order valence-corrected chi connectivity index (χ2v) is 6.99. The van der Waals surface area contributed by atoms with Crippen molar-refractivity contribution in [3.8, 4) is 5.69 Å². The molecule has 1 unspecified atom stereocenters. The van der Waals surface area contributed by atoms with Crippen molar-refractivity contribution >= 4 is 11.0 Å². The molecule has 1 atom stereocenters. The molecule has 0 spiro atoms. The van der Waals surface area contributed by atoms with Crippen molar-refractivity contribution in [2.75, 3.05) is 13.1 Å². The van der Waals surface area contributed by atoms with Gasteiger partial charge in [0.15, 0.2) is 5.65 Å². The molecule has 7 heteroatoms. The van der Waals surface area contributed by atoms with E-state index in [1.54, 1.807) is 10.9 Å². The van der Waals surface area contributed by atoms with Crippen LogP contribution in [0.2, 0.25) is 0 Å². The zero-order chi connectivity index (χ0) is 17.9. The SMILES string of the molecule is NC1CCCCCN(Cc2nc3c(cnn3-c3ccccc3)c(=O)[nH]2)C1. The summed E-state index contributed by atoms with van der Waals surface area (Å²) >= 11 is 0. The fourth-order valence-corrected chi connectivity index (χ4v) is 3.59. The maximum Gasteiger partial charge on any atom is 0.262 e. The molecule has 1 aromatic carbocycles. The quantitative estimate of drug-likeness (QED) is 0.750. The van der Waals surface area contributed by atoms with Gasteiger partial charge in [0.05, 0.1) is 18.4 Å². The molecule has 0 saturated carbocycles. The summed E-state index contributed by atoms with van der Waals surface area (Å²) < 4.78 is 1.72. The van der Waals surface area contributed by atoms with Crippen LogP contribution >= 0.6 is 0 Å². The fraction of sp³-hybridized carbons (Fsp3) is 0.421. The van der Waals surface area contributed by atoms with E-state index in [1.165, 1.54) is 12.8 Å². The summed E-state index contributed by atoms with van der Waals surface area (Å²) in [6.45, 7) is 2.41. The van der Waals surface area contributed by atoms with Gasteiger partial charge in [0, 0.05) is 12.6 Å². The number of H-pyrrole nitrogens is 1. The molecule has 0 bridgehead atoms. The van der Waals surface area contributed by atoms with E-state index in [0.717, 1.165) is 31.6 Å². The summed E-state index contributed by atoms with van der Waals surface area (Å²) in [5, 5.41) is 4.86. The Morgan fingerprint density at radius 2 is 2.04 bits per heavy atom. The Hall–Kier alpha value is -2.51. The largest absolute Gasteiger partial charge is 0.327 e. The lowest BCUT2D eigenvalue weighted by atomic mass is 10.1. The number of fused-ring (bicyclic) bond motifs is 1. The van der Waals surface area contributed by atoms with Crippen LogP contribution in [-0.4, -0.2) is 43.8 Å². The predicted octanol–water partition coefficient (Wildman–Crippen LogP) is 1.81. The molecule has 1 aliphatic rings. The van der Waals surface area contributed by atoms with Gasteiger partial charge in [0.25, 0.3) is 5.56 Å². The van der Waals surface area contributed by atoms with Gasteiger partial charge in [-0.1, -0.05) is 31.0 Å². The van der Waals surface area contributed by atoms with Crippen LogP contribution < -0.4 is 11.3 Å². The number of nitrogens with one attached hydrogen (secondary N) is 1. The maximum atomic E-state index is 12.5. The van der Waals surface area contributed by atoms with E-state index in [-0.39, 0.29) is 11.6 Å². The van der Waals surface area contributed by atoms with Gasteiger partial charge < -0.3 is 10.7 Å². The van der Waals surface area contributed by atoms with Crippen molar-refractivity contribution in [1.29, 1.82) is 0 Å². The van der Waals surface area contributed by atoms with Crippen molar-refractivity contribution in [2.45, 2.75) is 38.3 Å². The number of benzene rings is 1. The highest BCUT2D eigenvalue weighted by molar-refractivity contribution is 5.75. The molecule has 136 valence electrons. The zero-order valence-corrected chi connectivity index (χ0v) is 14.8. The van der Waals surface area contributed by atoms with Gasteiger partial charge in [0.1, 0.15) is 11.2 Å². The van der Waals surface area contributed by atoms with Gasteiger partial charge in [-0.2, -0.15) is 5.10 Å². The van der Waals surface area contributed by atoms with Crippen LogP contribution in [0.25, 0.3) is 16.7 Å². The summed E-state index contributed by atoms with van der Waals surface area (Å²) in [4.78, 5) is 22.4. The van der Waals surface area contributed by atoms with Gasteiger partial charge in [-0.25, -0.2) is 9.67 Å². The standard InChI is InChI=1S/C19H24N6O/c20-14-7-3-2-6-10-24(12-14)13-17-22-18-16(19(26)23-17)11-21-25(18)15-8-4-1-5-9-15/h1,4-5,8-9,11,14H,2-3,6-7,10,12-13,20H2,(H,22,23,26). The molecule has 1 fully saturated rings. The van der Waals surface area contributed by atoms with Crippen molar-refractivity contribution in [2.24, 2.45) is 5.73 Å². The average Bonchev–Trinajstić information content (AvgIpc) is 3.04. The van der Waals surface area contributed by atoms with Crippen LogP contribution in [0.5, 0.6) is 0 Å². The Kier molecular flexibility index (Phi) is 4.81. The third-order valence-corrected chi connectivity index (χ3v) is 4.90. The van der Waals surface area contributed by atoms with E-state index in [2.05, 4.69) is 15.0 Å². The zero-order valence-electron chi connectivity index (χ0n) is 14.8. The van der Waals surface area contributed by atoms with E-state index in [4.69, 9.17) is 10.7 Å². The Bertz CT molecular complexity index is 932. The van der Waals surface area contributed by atoms with Crippen molar-refractivity contribution in [1.82, 2.24) is 24.6 Å². The highest BCUT2D eigenvalue weighted by atomic mass is 16.1. The third-order valence-electron chi connectivity index (χ3n) is 4.90. The number of aromatic amines is 1. The van der Waals surface area contributed by atoms with Gasteiger partial charge >= 0.3 is 0 Å². The summed E-state index contributed by atoms with van der Waals surface area (Å²) in [7, 11) is 0. The van der Waals surface area contributed by atoms with Crippen molar-refractivity contribution < 1.29 is 0 Å². The van der Waals surface area contributed by atoms with Gasteiger partial charge in [0.2, 0.25) is 0 Å². The second kappa shape index (κ2) is 7.39. The van der Waals surface area contributed by atoms with Gasteiger partial charge in [-0.3, -0.25) is 9.69 Å². The van der Waals surface area contributed by atoms with Crippen LogP contribution in [0.3, 0.4) is 0 Å². The average molecular weight is 352 g/mol. The van der Waals surface area contributed by atoms with E-state index in [0.29, 0.717) is 23.4 Å². The molecule has 3 N–H and O–H groups in total. The van der Waals surface area contributed by atoms with Crippen molar-refractivity contribution in [3.63, 3.8) is 0 Å². The minimum atomic E-state index is -0.150. The molecule has 0 amide bonds. The smallest absolute Gasteiger partial charge is 0.262 e. The number of nitrogens with two attached hydrogens (primary N) is 1. The number of likely N-dealkylation sites (tertiary alicyclic amines) is 1. The highest BCUT2D eigenvalue weighted by Crippen LogP contribution is 2.15. The monoisotopic (exact) mass is 352 g/mol. The molecule has 7 nitrogen and oxygen atoms in total. The van der Waals surface area contributed by atoms with Crippen LogP contribution in [-0.2, 0) is 6.54 Å². The highest BCUT2D eigenvalue weighted by Gasteiger charge is 2.17. The molecule has 3 heterocycles. The van der Waals surface area contributed by atoms with Crippen LogP contribution in [0.1, 0.15) is 31.5 Å². The summed E-state index contributed by atoms with van der Waals surface area (Å²) in [6.07, 6.45) is 6.19. The maximum absolute atomic E-state index is 12.5. The lowest BCUT2D eigenvalue weighted by molar-refractivity contribution is 0.219. The molecular weight excluding hydrogens is 328 g/mol. The normalized spacial score (nSPS) is 19.3. The Labute approximate surface area is 151 Å². The molecule has 26 heavy (non-hydrogen) atoms. The van der Waals surface area contributed by atoms with Crippen molar-refractivity contribution in [3.05, 3.63) is 52.7 Å². The first-order valence-electron chi connectivity index (χ1n) is 9.21. The number of rotatable bonds is 3. The fourth-order valence-electron chi connectivity index (χ4n) is 3.59. The Balaban J connectivity index is 1.66. The summed E-state index contributed by atoms with van der Waals surface area (Å²) in [5.74, 6) is 0.660.